The molecule has 0 saturated heterocycles. The third-order valence-corrected chi connectivity index (χ3v) is 4.39. The summed E-state index contributed by atoms with van der Waals surface area (Å²) in [5.41, 5.74) is 5.09. The molecule has 0 amide bonds. The average Bonchev–Trinajstić information content (AvgIpc) is 3.20. The fourth-order valence-corrected chi connectivity index (χ4v) is 3.32. The van der Waals surface area contributed by atoms with Gasteiger partial charge < -0.3 is 4.57 Å². The summed E-state index contributed by atoms with van der Waals surface area (Å²) in [6.07, 6.45) is 4.52. The highest BCUT2D eigenvalue weighted by atomic mass is 32.1. The van der Waals surface area contributed by atoms with E-state index in [9.17, 15) is 0 Å². The summed E-state index contributed by atoms with van der Waals surface area (Å²) in [6.45, 7) is 2.80. The van der Waals surface area contributed by atoms with Crippen LogP contribution in [0.15, 0.2) is 48.8 Å². The van der Waals surface area contributed by atoms with E-state index in [0.717, 1.165) is 40.2 Å². The molecule has 0 radical (unpaired) electrons. The maximum absolute atomic E-state index is 4.81. The van der Waals surface area contributed by atoms with Crippen LogP contribution in [-0.2, 0) is 13.0 Å². The Hall–Kier alpha value is -2.60. The lowest BCUT2D eigenvalue weighted by Gasteiger charge is -2.08. The van der Waals surface area contributed by atoms with Gasteiger partial charge in [0.1, 0.15) is 5.69 Å². The first-order chi connectivity index (χ1) is 11.4. The summed E-state index contributed by atoms with van der Waals surface area (Å²) in [7, 11) is 0. The zero-order valence-electron chi connectivity index (χ0n) is 12.7. The van der Waals surface area contributed by atoms with E-state index in [1.54, 1.807) is 6.20 Å². The molecule has 3 aromatic heterocycles. The van der Waals surface area contributed by atoms with Gasteiger partial charge in [-0.15, -0.1) is 0 Å². The van der Waals surface area contributed by atoms with Crippen LogP contribution in [0, 0.1) is 0 Å². The molecule has 0 aliphatic rings. The monoisotopic (exact) mass is 321 g/mol. The Labute approximate surface area is 138 Å². The number of aryl methyl sites for hydroxylation is 1. The molecule has 23 heavy (non-hydrogen) atoms. The number of imidazole rings is 1. The first-order valence-electron chi connectivity index (χ1n) is 7.52. The second kappa shape index (κ2) is 5.89. The highest BCUT2D eigenvalue weighted by molar-refractivity contribution is 6.99. The van der Waals surface area contributed by atoms with Crippen LogP contribution in [0.4, 0.5) is 0 Å². The van der Waals surface area contributed by atoms with Crippen molar-refractivity contribution in [2.45, 2.75) is 19.9 Å². The van der Waals surface area contributed by atoms with Gasteiger partial charge in [-0.25, -0.2) is 4.98 Å². The van der Waals surface area contributed by atoms with Crippen molar-refractivity contribution in [3.8, 4) is 11.5 Å². The topological polar surface area (TPSA) is 56.5 Å². The molecular weight excluding hydrogens is 306 g/mol. The van der Waals surface area contributed by atoms with Crippen LogP contribution in [0.1, 0.15) is 18.2 Å². The number of aromatic nitrogens is 5. The minimum atomic E-state index is 0.713. The van der Waals surface area contributed by atoms with Crippen LogP contribution < -0.4 is 0 Å². The van der Waals surface area contributed by atoms with Gasteiger partial charge in [-0.3, -0.25) is 4.98 Å². The molecular formula is C17H15N5S. The normalized spacial score (nSPS) is 11.2. The van der Waals surface area contributed by atoms with Crippen LogP contribution in [0.3, 0.4) is 0 Å². The van der Waals surface area contributed by atoms with Crippen molar-refractivity contribution in [3.05, 3.63) is 60.0 Å². The van der Waals surface area contributed by atoms with E-state index < -0.39 is 0 Å². The molecule has 4 aromatic rings. The number of pyridine rings is 1. The molecule has 5 nitrogen and oxygen atoms in total. The second-order valence-corrected chi connectivity index (χ2v) is 5.81. The predicted molar refractivity (Wildman–Crippen MR) is 91.4 cm³/mol. The third-order valence-electron chi connectivity index (χ3n) is 3.82. The van der Waals surface area contributed by atoms with Gasteiger partial charge in [0.2, 0.25) is 0 Å². The van der Waals surface area contributed by atoms with E-state index in [0.29, 0.717) is 6.54 Å². The SMILES string of the molecule is CCc1nsnc1-c1nc2ccccc2n1Cc1cccnc1. The fourth-order valence-electron chi connectivity index (χ4n) is 2.70. The van der Waals surface area contributed by atoms with E-state index in [2.05, 4.69) is 37.4 Å². The summed E-state index contributed by atoms with van der Waals surface area (Å²) < 4.78 is 11.1. The van der Waals surface area contributed by atoms with Gasteiger partial charge in [-0.2, -0.15) is 8.75 Å². The lowest BCUT2D eigenvalue weighted by molar-refractivity contribution is 0.824. The highest BCUT2D eigenvalue weighted by Gasteiger charge is 2.18. The van der Waals surface area contributed by atoms with Gasteiger partial charge in [0, 0.05) is 12.4 Å². The third kappa shape index (κ3) is 2.51. The molecule has 6 heteroatoms. The van der Waals surface area contributed by atoms with Crippen LogP contribution in [0.2, 0.25) is 0 Å². The van der Waals surface area contributed by atoms with Crippen molar-refractivity contribution >= 4 is 22.8 Å². The molecule has 0 bridgehead atoms. The Kier molecular flexibility index (Phi) is 3.59. The number of hydrogen-bond donors (Lipinski definition) is 0. The summed E-state index contributed by atoms with van der Waals surface area (Å²) in [4.78, 5) is 9.02. The van der Waals surface area contributed by atoms with Crippen LogP contribution in [-0.4, -0.2) is 23.3 Å². The summed E-state index contributed by atoms with van der Waals surface area (Å²) in [5, 5.41) is 0. The van der Waals surface area contributed by atoms with Gasteiger partial charge in [-0.05, 0) is 30.2 Å². The molecule has 0 aliphatic carbocycles. The zero-order valence-corrected chi connectivity index (χ0v) is 13.5. The number of hydrogen-bond acceptors (Lipinski definition) is 5. The Morgan fingerprint density at radius 2 is 2.00 bits per heavy atom. The maximum atomic E-state index is 4.81. The molecule has 3 heterocycles. The minimum Gasteiger partial charge on any atom is -0.318 e. The molecule has 0 atom stereocenters. The van der Waals surface area contributed by atoms with Crippen LogP contribution in [0.5, 0.6) is 0 Å². The van der Waals surface area contributed by atoms with Crippen molar-refractivity contribution in [2.24, 2.45) is 0 Å². The standard InChI is InChI=1S/C17H15N5S/c1-2-13-16(21-23-20-13)17-19-14-7-3-4-8-15(14)22(17)11-12-6-5-9-18-10-12/h3-10H,2,11H2,1H3. The molecule has 0 fully saturated rings. The smallest absolute Gasteiger partial charge is 0.163 e. The number of nitrogens with zero attached hydrogens (tertiary/aromatic N) is 5. The van der Waals surface area contributed by atoms with Crippen molar-refractivity contribution in [3.63, 3.8) is 0 Å². The molecule has 1 aromatic carbocycles. The first kappa shape index (κ1) is 14.0. The zero-order chi connectivity index (χ0) is 15.6. The van der Waals surface area contributed by atoms with E-state index in [1.807, 2.05) is 30.5 Å². The van der Waals surface area contributed by atoms with Gasteiger partial charge in [0.15, 0.2) is 5.82 Å². The highest BCUT2D eigenvalue weighted by Crippen LogP contribution is 2.27. The Morgan fingerprint density at radius 3 is 2.83 bits per heavy atom. The number of para-hydroxylation sites is 2. The van der Waals surface area contributed by atoms with Gasteiger partial charge >= 0.3 is 0 Å². The van der Waals surface area contributed by atoms with Crippen molar-refractivity contribution in [2.75, 3.05) is 0 Å². The number of fused-ring (bicyclic) bond motifs is 1. The van der Waals surface area contributed by atoms with Crippen molar-refractivity contribution in [1.82, 2.24) is 23.3 Å². The number of rotatable bonds is 4. The Bertz CT molecular complexity index is 942. The maximum Gasteiger partial charge on any atom is 0.163 e. The van der Waals surface area contributed by atoms with Gasteiger partial charge in [0.25, 0.3) is 0 Å². The van der Waals surface area contributed by atoms with E-state index >= 15 is 0 Å². The quantitative estimate of drug-likeness (QED) is 0.577. The predicted octanol–water partition coefficient (Wildman–Crippen LogP) is 3.56. The molecule has 0 N–H and O–H groups in total. The molecule has 4 rings (SSSR count). The van der Waals surface area contributed by atoms with Gasteiger partial charge in [0.05, 0.1) is 35.0 Å². The minimum absolute atomic E-state index is 0.713. The largest absolute Gasteiger partial charge is 0.318 e. The fraction of sp³-hybridized carbons (Fsp3) is 0.176. The summed E-state index contributed by atoms with van der Waals surface area (Å²) >= 11 is 1.24. The van der Waals surface area contributed by atoms with Crippen molar-refractivity contribution < 1.29 is 0 Å². The van der Waals surface area contributed by atoms with E-state index in [1.165, 1.54) is 11.7 Å². The second-order valence-electron chi connectivity index (χ2n) is 5.28. The summed E-state index contributed by atoms with van der Waals surface area (Å²) in [5.74, 6) is 0.876. The average molecular weight is 321 g/mol. The lowest BCUT2D eigenvalue weighted by Crippen LogP contribution is -2.03. The Balaban J connectivity index is 1.91. The molecule has 0 aliphatic heterocycles. The number of benzene rings is 1. The molecule has 0 unspecified atom stereocenters. The van der Waals surface area contributed by atoms with E-state index in [4.69, 9.17) is 4.98 Å². The Morgan fingerprint density at radius 1 is 1.09 bits per heavy atom. The van der Waals surface area contributed by atoms with Gasteiger partial charge in [-0.1, -0.05) is 25.1 Å². The molecule has 0 spiro atoms. The van der Waals surface area contributed by atoms with E-state index in [-0.39, 0.29) is 0 Å². The molecule has 0 saturated carbocycles. The lowest BCUT2D eigenvalue weighted by atomic mass is 10.2. The molecule has 114 valence electrons. The van der Waals surface area contributed by atoms with Crippen LogP contribution >= 0.6 is 11.7 Å². The van der Waals surface area contributed by atoms with Crippen molar-refractivity contribution in [1.29, 1.82) is 0 Å². The van der Waals surface area contributed by atoms with Crippen LogP contribution in [0.25, 0.3) is 22.6 Å². The summed E-state index contributed by atoms with van der Waals surface area (Å²) in [6, 6.07) is 12.2. The first-order valence-corrected chi connectivity index (χ1v) is 8.26.